The Morgan fingerprint density at radius 3 is 2.65 bits per heavy atom. The first kappa shape index (κ1) is 17.3. The summed E-state index contributed by atoms with van der Waals surface area (Å²) in [4.78, 5) is 23.1. The van der Waals surface area contributed by atoms with Crippen LogP contribution in [0.2, 0.25) is 10.0 Å². The molecule has 0 aliphatic heterocycles. The maximum atomic E-state index is 12.6. The summed E-state index contributed by atoms with van der Waals surface area (Å²) in [5.41, 5.74) is 0.432. The van der Waals surface area contributed by atoms with Gasteiger partial charge < -0.3 is 14.6 Å². The Bertz CT molecular complexity index is 745. The molecular weight excluding hydrogens is 347 g/mol. The van der Waals surface area contributed by atoms with E-state index in [1.54, 1.807) is 0 Å². The summed E-state index contributed by atoms with van der Waals surface area (Å²) in [6.45, 7) is -0.455. The minimum atomic E-state index is -1.15. The van der Waals surface area contributed by atoms with Crippen LogP contribution in [0, 0.1) is 0 Å². The number of carboxylic acid groups (broad SMARTS) is 1. The zero-order chi connectivity index (χ0) is 17.0. The Morgan fingerprint density at radius 1 is 1.26 bits per heavy atom. The van der Waals surface area contributed by atoms with E-state index >= 15 is 0 Å². The Balaban J connectivity index is 2.33. The first-order valence-electron chi connectivity index (χ1n) is 6.33. The van der Waals surface area contributed by atoms with Gasteiger partial charge >= 0.3 is 5.97 Å². The van der Waals surface area contributed by atoms with Gasteiger partial charge in [-0.3, -0.25) is 4.79 Å². The molecule has 0 bridgehead atoms. The number of methoxy groups -OCH3 is 1. The van der Waals surface area contributed by atoms with Crippen LogP contribution in [0.4, 0.5) is 0 Å². The molecule has 9 heteroatoms. The largest absolute Gasteiger partial charge is 0.480 e. The van der Waals surface area contributed by atoms with Crippen molar-refractivity contribution in [3.05, 3.63) is 45.7 Å². The van der Waals surface area contributed by atoms with Crippen molar-refractivity contribution in [1.29, 1.82) is 0 Å². The Labute approximate surface area is 141 Å². The zero-order valence-corrected chi connectivity index (χ0v) is 13.5. The molecule has 0 spiro atoms. The molecule has 0 radical (unpaired) electrons. The second-order valence-electron chi connectivity index (χ2n) is 4.38. The number of hydrogen-bond donors (Lipinski definition) is 1. The van der Waals surface area contributed by atoms with Gasteiger partial charge in [0.25, 0.3) is 0 Å². The van der Waals surface area contributed by atoms with Crippen LogP contribution in [-0.2, 0) is 16.3 Å². The number of nitrogens with zero attached hydrogens (tertiary/aromatic N) is 2. The third-order valence-electron chi connectivity index (χ3n) is 2.84. The fourth-order valence-electron chi connectivity index (χ4n) is 1.85. The summed E-state index contributed by atoms with van der Waals surface area (Å²) < 4.78 is 11.3. The summed E-state index contributed by atoms with van der Waals surface area (Å²) >= 11 is 12.2. The molecule has 23 heavy (non-hydrogen) atoms. The molecule has 0 aliphatic rings. The molecule has 2 aromatic rings. The number of hydrogen-bond acceptors (Lipinski definition) is 5. The van der Waals surface area contributed by atoms with Crippen LogP contribution in [0.3, 0.4) is 0 Å². The molecule has 1 aromatic heterocycles. The molecule has 1 N–H and O–H groups in total. The molecule has 0 saturated heterocycles. The van der Waals surface area contributed by atoms with Gasteiger partial charge in [-0.1, -0.05) is 23.2 Å². The lowest BCUT2D eigenvalue weighted by Gasteiger charge is -2.11. The van der Waals surface area contributed by atoms with E-state index < -0.39 is 18.4 Å². The summed E-state index contributed by atoms with van der Waals surface area (Å²) in [6, 6.07) is 4.33. The summed E-state index contributed by atoms with van der Waals surface area (Å²) in [5.74, 6) is -1.46. The predicted molar refractivity (Wildman–Crippen MR) is 82.3 cm³/mol. The van der Waals surface area contributed by atoms with Gasteiger partial charge in [0.05, 0.1) is 5.02 Å². The smallest absolute Gasteiger partial charge is 0.341 e. The van der Waals surface area contributed by atoms with Crippen molar-refractivity contribution in [3.8, 4) is 5.75 Å². The minimum Gasteiger partial charge on any atom is -0.480 e. The average Bonchev–Trinajstić information content (AvgIpc) is 2.96. The highest BCUT2D eigenvalue weighted by atomic mass is 35.5. The normalized spacial score (nSPS) is 10.6. The van der Waals surface area contributed by atoms with Crippen LogP contribution >= 0.6 is 23.2 Å². The van der Waals surface area contributed by atoms with Gasteiger partial charge in [0.15, 0.2) is 6.61 Å². The minimum absolute atomic E-state index is 0.0234. The van der Waals surface area contributed by atoms with Gasteiger partial charge in [-0.15, -0.1) is 0 Å². The number of carboxylic acids is 1. The van der Waals surface area contributed by atoms with Crippen LogP contribution in [-0.4, -0.2) is 40.4 Å². The number of carbonyl (C=O) groups is 2. The van der Waals surface area contributed by atoms with E-state index in [9.17, 15) is 9.59 Å². The maximum Gasteiger partial charge on any atom is 0.341 e. The molecule has 2 rings (SSSR count). The molecule has 0 saturated carbocycles. The van der Waals surface area contributed by atoms with Crippen molar-refractivity contribution >= 4 is 35.0 Å². The highest BCUT2D eigenvalue weighted by Gasteiger charge is 2.21. The molecule has 7 nitrogen and oxygen atoms in total. The number of ketones is 1. The molecule has 122 valence electrons. The highest BCUT2D eigenvalue weighted by Crippen LogP contribution is 2.35. The topological polar surface area (TPSA) is 90.7 Å². The van der Waals surface area contributed by atoms with Gasteiger partial charge in [0.2, 0.25) is 5.78 Å². The fraction of sp³-hybridized carbons (Fsp3) is 0.214. The lowest BCUT2D eigenvalue weighted by Crippen LogP contribution is -2.13. The van der Waals surface area contributed by atoms with E-state index in [2.05, 4.69) is 5.10 Å². The first-order chi connectivity index (χ1) is 11.0. The van der Waals surface area contributed by atoms with E-state index in [0.717, 1.165) is 0 Å². The fourth-order valence-corrected chi connectivity index (χ4v) is 2.31. The molecule has 1 aromatic carbocycles. The second-order valence-corrected chi connectivity index (χ2v) is 5.14. The van der Waals surface area contributed by atoms with Crippen LogP contribution in [0.1, 0.15) is 16.1 Å². The lowest BCUT2D eigenvalue weighted by molar-refractivity contribution is -0.139. The van der Waals surface area contributed by atoms with Crippen molar-refractivity contribution in [2.45, 2.75) is 6.73 Å². The number of aromatic nitrogens is 2. The number of ether oxygens (including phenoxy) is 2. The number of aliphatic carboxylic acids is 1. The molecular formula is C14H12Cl2N2O5. The predicted octanol–water partition coefficient (Wildman–Crippen LogP) is 2.49. The molecule has 0 unspecified atom stereocenters. The van der Waals surface area contributed by atoms with Gasteiger partial charge in [-0.2, -0.15) is 5.10 Å². The highest BCUT2D eigenvalue weighted by molar-refractivity contribution is 6.45. The van der Waals surface area contributed by atoms with Crippen LogP contribution < -0.4 is 4.74 Å². The number of rotatable bonds is 7. The van der Waals surface area contributed by atoms with E-state index in [1.165, 1.54) is 36.2 Å². The Kier molecular flexibility index (Phi) is 5.59. The van der Waals surface area contributed by atoms with Crippen molar-refractivity contribution in [3.63, 3.8) is 0 Å². The third-order valence-corrected chi connectivity index (χ3v) is 3.71. The quantitative estimate of drug-likeness (QED) is 0.764. The standard InChI is InChI=1S/C14H12Cl2N2O5/c1-22-7-18-9(4-5-17-18)14(21)8-2-3-10(13(16)12(8)15)23-6-11(19)20/h2-5H,6-7H2,1H3,(H,19,20). The van der Waals surface area contributed by atoms with Crippen molar-refractivity contribution in [2.75, 3.05) is 13.7 Å². The lowest BCUT2D eigenvalue weighted by atomic mass is 10.1. The maximum absolute atomic E-state index is 12.6. The van der Waals surface area contributed by atoms with Gasteiger partial charge in [-0.25, -0.2) is 9.48 Å². The Hall–Kier alpha value is -2.09. The van der Waals surface area contributed by atoms with E-state index in [4.69, 9.17) is 37.8 Å². The summed E-state index contributed by atoms with van der Waals surface area (Å²) in [7, 11) is 1.48. The summed E-state index contributed by atoms with van der Waals surface area (Å²) in [6.07, 6.45) is 1.46. The third kappa shape index (κ3) is 3.82. The average molecular weight is 359 g/mol. The van der Waals surface area contributed by atoms with E-state index in [0.29, 0.717) is 0 Å². The van der Waals surface area contributed by atoms with Crippen molar-refractivity contribution in [1.82, 2.24) is 9.78 Å². The number of benzene rings is 1. The Morgan fingerprint density at radius 2 is 2.00 bits per heavy atom. The summed E-state index contributed by atoms with van der Waals surface area (Å²) in [5, 5.41) is 12.5. The van der Waals surface area contributed by atoms with Gasteiger partial charge in [0, 0.05) is 18.9 Å². The molecule has 0 fully saturated rings. The molecule has 0 atom stereocenters. The van der Waals surface area contributed by atoms with Crippen LogP contribution in [0.5, 0.6) is 5.75 Å². The van der Waals surface area contributed by atoms with Gasteiger partial charge in [0.1, 0.15) is 23.2 Å². The monoisotopic (exact) mass is 358 g/mol. The second kappa shape index (κ2) is 7.45. The molecule has 1 heterocycles. The van der Waals surface area contributed by atoms with Crippen LogP contribution in [0.15, 0.2) is 24.4 Å². The number of halogens is 2. The van der Waals surface area contributed by atoms with Crippen molar-refractivity contribution < 1.29 is 24.2 Å². The van der Waals surface area contributed by atoms with Crippen molar-refractivity contribution in [2.24, 2.45) is 0 Å². The van der Waals surface area contributed by atoms with E-state index in [-0.39, 0.29) is 33.8 Å². The van der Waals surface area contributed by atoms with E-state index in [1.807, 2.05) is 0 Å². The van der Waals surface area contributed by atoms with Crippen LogP contribution in [0.25, 0.3) is 0 Å². The van der Waals surface area contributed by atoms with Gasteiger partial charge in [-0.05, 0) is 18.2 Å². The SMILES string of the molecule is COCn1nccc1C(=O)c1ccc(OCC(=O)O)c(Cl)c1Cl. The zero-order valence-electron chi connectivity index (χ0n) is 12.0. The number of carbonyl (C=O) groups excluding carboxylic acids is 1. The molecule has 0 amide bonds. The first-order valence-corrected chi connectivity index (χ1v) is 7.09. The molecule has 0 aliphatic carbocycles.